The van der Waals surface area contributed by atoms with E-state index in [2.05, 4.69) is 0 Å². The van der Waals surface area contributed by atoms with Crippen LogP contribution in [-0.2, 0) is 26.1 Å². The smallest absolute Gasteiger partial charge is 0.410 e. The van der Waals surface area contributed by atoms with E-state index in [1.54, 1.807) is 56.6 Å². The van der Waals surface area contributed by atoms with Gasteiger partial charge in [-0.2, -0.15) is 4.31 Å². The van der Waals surface area contributed by atoms with Gasteiger partial charge in [-0.3, -0.25) is 10.0 Å². The molecule has 0 bridgehead atoms. The van der Waals surface area contributed by atoms with Crippen LogP contribution in [0.1, 0.15) is 39.2 Å². The van der Waals surface area contributed by atoms with Gasteiger partial charge in [-0.15, -0.1) is 0 Å². The second kappa shape index (κ2) is 10.9. The summed E-state index contributed by atoms with van der Waals surface area (Å²) in [6, 6.07) is 14.7. The van der Waals surface area contributed by atoms with Crippen molar-refractivity contribution in [2.24, 2.45) is 0 Å². The molecule has 36 heavy (non-hydrogen) atoms. The molecule has 3 rings (SSSR count). The molecule has 0 radical (unpaired) electrons. The van der Waals surface area contributed by atoms with E-state index >= 15 is 0 Å². The summed E-state index contributed by atoms with van der Waals surface area (Å²) < 4.78 is 39.7. The van der Waals surface area contributed by atoms with Crippen molar-refractivity contribution in [1.82, 2.24) is 14.7 Å². The van der Waals surface area contributed by atoms with E-state index in [0.717, 1.165) is 4.31 Å². The van der Waals surface area contributed by atoms with Crippen molar-refractivity contribution in [3.63, 3.8) is 0 Å². The highest BCUT2D eigenvalue weighted by Gasteiger charge is 2.52. The first-order valence-electron chi connectivity index (χ1n) is 11.6. The number of hydrogen-bond donors (Lipinski definition) is 2. The molecule has 2 N–H and O–H groups in total. The normalized spacial score (nSPS) is 15.9. The van der Waals surface area contributed by atoms with Crippen molar-refractivity contribution in [2.45, 2.75) is 56.2 Å². The van der Waals surface area contributed by atoms with Crippen molar-refractivity contribution in [1.29, 1.82) is 0 Å². The van der Waals surface area contributed by atoms with Gasteiger partial charge < -0.3 is 14.4 Å². The molecule has 0 unspecified atom stereocenters. The Balaban J connectivity index is 2.03. The van der Waals surface area contributed by atoms with Crippen molar-refractivity contribution in [3.8, 4) is 5.75 Å². The number of sulfonamides is 1. The molecule has 2 aromatic carbocycles. The fourth-order valence-electron chi connectivity index (χ4n) is 4.17. The van der Waals surface area contributed by atoms with Gasteiger partial charge >= 0.3 is 6.09 Å². The van der Waals surface area contributed by atoms with E-state index in [1.165, 1.54) is 36.3 Å². The largest absolute Gasteiger partial charge is 0.497 e. The first-order valence-corrected chi connectivity index (χ1v) is 13.0. The van der Waals surface area contributed by atoms with Gasteiger partial charge in [-0.25, -0.2) is 18.7 Å². The van der Waals surface area contributed by atoms with E-state index in [4.69, 9.17) is 9.47 Å². The van der Waals surface area contributed by atoms with Gasteiger partial charge in [0.25, 0.3) is 5.91 Å². The van der Waals surface area contributed by atoms with E-state index in [0.29, 0.717) is 11.3 Å². The quantitative estimate of drug-likeness (QED) is 0.425. The highest BCUT2D eigenvalue weighted by atomic mass is 32.2. The molecule has 0 saturated carbocycles. The zero-order valence-electron chi connectivity index (χ0n) is 20.9. The van der Waals surface area contributed by atoms with Crippen molar-refractivity contribution in [2.75, 3.05) is 20.2 Å². The molecule has 2 aromatic rings. The Labute approximate surface area is 211 Å². The summed E-state index contributed by atoms with van der Waals surface area (Å²) in [5, 5.41) is 9.66. The zero-order valence-corrected chi connectivity index (χ0v) is 21.7. The number of methoxy groups -OCH3 is 1. The number of likely N-dealkylation sites (tertiary alicyclic amines) is 1. The number of hydroxylamine groups is 1. The lowest BCUT2D eigenvalue weighted by atomic mass is 9.86. The first kappa shape index (κ1) is 27.4. The Kier molecular flexibility index (Phi) is 8.27. The zero-order chi connectivity index (χ0) is 26.6. The van der Waals surface area contributed by atoms with Crippen LogP contribution >= 0.6 is 0 Å². The van der Waals surface area contributed by atoms with E-state index in [1.807, 2.05) is 0 Å². The third-order valence-electron chi connectivity index (χ3n) is 6.06. The summed E-state index contributed by atoms with van der Waals surface area (Å²) in [6.45, 7) is 5.26. The standard InChI is InChI=1S/C25H33N3O7S/c1-24(2,3)35-23(30)27-16-14-25(15-17-27,22(29)26-31)28(18-19-8-6-5-7-9-19)36(32,33)21-12-10-20(34-4)11-13-21/h5-13,31H,14-18H2,1-4H3,(H,26,29). The number of nitrogens with one attached hydrogen (secondary N) is 1. The molecule has 0 aliphatic carbocycles. The lowest BCUT2D eigenvalue weighted by Crippen LogP contribution is -2.64. The molecule has 11 heteroatoms. The van der Waals surface area contributed by atoms with Crippen LogP contribution in [-0.4, -0.2) is 66.2 Å². The molecular formula is C25H33N3O7S. The second-order valence-corrected chi connectivity index (χ2v) is 11.5. The average molecular weight is 520 g/mol. The number of hydrogen-bond acceptors (Lipinski definition) is 7. The van der Waals surface area contributed by atoms with E-state index in [9.17, 15) is 23.2 Å². The van der Waals surface area contributed by atoms with Crippen molar-refractivity contribution in [3.05, 3.63) is 60.2 Å². The predicted molar refractivity (Wildman–Crippen MR) is 132 cm³/mol. The molecule has 1 saturated heterocycles. The summed E-state index contributed by atoms with van der Waals surface area (Å²) >= 11 is 0. The molecule has 0 aromatic heterocycles. The van der Waals surface area contributed by atoms with E-state index < -0.39 is 33.2 Å². The molecule has 1 fully saturated rings. The minimum absolute atomic E-state index is 0.0288. The number of carbonyl (C=O) groups is 2. The summed E-state index contributed by atoms with van der Waals surface area (Å²) in [7, 11) is -2.76. The number of carbonyl (C=O) groups excluding carboxylic acids is 2. The number of rotatable bonds is 7. The summed E-state index contributed by atoms with van der Waals surface area (Å²) in [6.07, 6.45) is -0.630. The number of nitrogens with zero attached hydrogens (tertiary/aromatic N) is 2. The van der Waals surface area contributed by atoms with Crippen LogP contribution in [0.15, 0.2) is 59.5 Å². The highest BCUT2D eigenvalue weighted by Crippen LogP contribution is 2.36. The number of benzene rings is 2. The fourth-order valence-corrected chi connectivity index (χ4v) is 5.95. The molecular weight excluding hydrogens is 486 g/mol. The first-order chi connectivity index (χ1) is 16.9. The summed E-state index contributed by atoms with van der Waals surface area (Å²) in [4.78, 5) is 27.2. The van der Waals surface area contributed by atoms with Gasteiger partial charge in [-0.1, -0.05) is 30.3 Å². The predicted octanol–water partition coefficient (Wildman–Crippen LogP) is 3.16. The minimum Gasteiger partial charge on any atom is -0.497 e. The molecule has 1 aliphatic heterocycles. The van der Waals surface area contributed by atoms with Gasteiger partial charge in [0.05, 0.1) is 12.0 Å². The second-order valence-electron chi connectivity index (χ2n) is 9.61. The Hall–Kier alpha value is -3.15. The fraction of sp³-hybridized carbons (Fsp3) is 0.440. The molecule has 2 amide bonds. The van der Waals surface area contributed by atoms with Crippen LogP contribution in [0.4, 0.5) is 4.79 Å². The Morgan fingerprint density at radius 1 is 1.06 bits per heavy atom. The number of ether oxygens (including phenoxy) is 2. The Morgan fingerprint density at radius 2 is 1.64 bits per heavy atom. The summed E-state index contributed by atoms with van der Waals surface area (Å²) in [5.74, 6) is -0.378. The molecule has 1 heterocycles. The molecule has 0 spiro atoms. The van der Waals surface area contributed by atoms with Crippen LogP contribution in [0.5, 0.6) is 5.75 Å². The van der Waals surface area contributed by atoms with Crippen LogP contribution in [0.2, 0.25) is 0 Å². The lowest BCUT2D eigenvalue weighted by Gasteiger charge is -2.46. The van der Waals surface area contributed by atoms with Gasteiger partial charge in [0.15, 0.2) is 0 Å². The number of amides is 2. The molecule has 0 atom stereocenters. The third-order valence-corrected chi connectivity index (χ3v) is 7.99. The number of piperidine rings is 1. The van der Waals surface area contributed by atoms with Crippen LogP contribution in [0.25, 0.3) is 0 Å². The highest BCUT2D eigenvalue weighted by molar-refractivity contribution is 7.89. The SMILES string of the molecule is COc1ccc(S(=O)(=O)N(Cc2ccccc2)C2(C(=O)NO)CCN(C(=O)OC(C)(C)C)CC2)cc1. The topological polar surface area (TPSA) is 125 Å². The van der Waals surface area contributed by atoms with Gasteiger partial charge in [0.1, 0.15) is 16.9 Å². The maximum atomic E-state index is 14.0. The third kappa shape index (κ3) is 5.97. The van der Waals surface area contributed by atoms with Crippen LogP contribution in [0.3, 0.4) is 0 Å². The Morgan fingerprint density at radius 3 is 2.14 bits per heavy atom. The maximum Gasteiger partial charge on any atom is 0.410 e. The van der Waals surface area contributed by atoms with Gasteiger partial charge in [0.2, 0.25) is 10.0 Å². The van der Waals surface area contributed by atoms with E-state index in [-0.39, 0.29) is 37.4 Å². The van der Waals surface area contributed by atoms with Crippen molar-refractivity contribution < 1.29 is 32.7 Å². The maximum absolute atomic E-state index is 14.0. The monoisotopic (exact) mass is 519 g/mol. The molecule has 10 nitrogen and oxygen atoms in total. The minimum atomic E-state index is -4.23. The summed E-state index contributed by atoms with van der Waals surface area (Å²) in [5.41, 5.74) is -0.0266. The Bertz CT molecular complexity index is 1150. The lowest BCUT2D eigenvalue weighted by molar-refractivity contribution is -0.142. The van der Waals surface area contributed by atoms with Gasteiger partial charge in [0, 0.05) is 19.6 Å². The molecule has 196 valence electrons. The van der Waals surface area contributed by atoms with Crippen molar-refractivity contribution >= 4 is 22.0 Å². The van der Waals surface area contributed by atoms with Crippen LogP contribution < -0.4 is 10.2 Å². The van der Waals surface area contributed by atoms with Gasteiger partial charge in [-0.05, 0) is 63.4 Å². The molecule has 1 aliphatic rings. The van der Waals surface area contributed by atoms with Crippen LogP contribution in [0, 0.1) is 0 Å². The average Bonchev–Trinajstić information content (AvgIpc) is 2.86.